The molecule has 0 atom stereocenters. The molecule has 0 unspecified atom stereocenters. The Morgan fingerprint density at radius 1 is 1.24 bits per heavy atom. The van der Waals surface area contributed by atoms with Gasteiger partial charge in [-0.1, -0.05) is 31.2 Å². The van der Waals surface area contributed by atoms with Crippen molar-refractivity contribution in [2.45, 2.75) is 19.9 Å². The van der Waals surface area contributed by atoms with E-state index >= 15 is 0 Å². The predicted octanol–water partition coefficient (Wildman–Crippen LogP) is 3.19. The van der Waals surface area contributed by atoms with Crippen molar-refractivity contribution in [3.05, 3.63) is 70.5 Å². The number of aryl methyl sites for hydroxylation is 1. The number of hydrogen-bond donors (Lipinski definition) is 1. The van der Waals surface area contributed by atoms with Crippen molar-refractivity contribution in [3.8, 4) is 6.07 Å². The fraction of sp³-hybridized carbons (Fsp3) is 0.176. The number of nitriles is 1. The van der Waals surface area contributed by atoms with E-state index in [0.29, 0.717) is 11.1 Å². The number of benzene rings is 2. The molecule has 0 saturated heterocycles. The Kier molecular flexibility index (Phi) is 4.68. The van der Waals surface area contributed by atoms with Crippen LogP contribution in [-0.2, 0) is 13.0 Å². The average Bonchev–Trinajstić information content (AvgIpc) is 2.53. The van der Waals surface area contributed by atoms with Crippen LogP contribution >= 0.6 is 0 Å². The molecule has 0 spiro atoms. The molecule has 1 amide bonds. The van der Waals surface area contributed by atoms with Gasteiger partial charge in [0.05, 0.1) is 11.6 Å². The molecule has 106 valence electrons. The number of halogens is 1. The highest BCUT2D eigenvalue weighted by Crippen LogP contribution is 2.12. The first-order valence-corrected chi connectivity index (χ1v) is 6.70. The molecular weight excluding hydrogens is 267 g/mol. The van der Waals surface area contributed by atoms with E-state index in [1.807, 2.05) is 25.1 Å². The minimum Gasteiger partial charge on any atom is -0.348 e. The first kappa shape index (κ1) is 14.7. The van der Waals surface area contributed by atoms with E-state index in [9.17, 15) is 9.18 Å². The summed E-state index contributed by atoms with van der Waals surface area (Å²) in [7, 11) is 0. The van der Waals surface area contributed by atoms with Crippen LogP contribution in [0.1, 0.15) is 34.0 Å². The van der Waals surface area contributed by atoms with Crippen molar-refractivity contribution >= 4 is 5.91 Å². The second-order valence-corrected chi connectivity index (χ2v) is 4.61. The van der Waals surface area contributed by atoms with Crippen molar-refractivity contribution in [1.29, 1.82) is 5.26 Å². The molecule has 4 heteroatoms. The first-order valence-electron chi connectivity index (χ1n) is 6.70. The van der Waals surface area contributed by atoms with E-state index in [1.165, 1.54) is 18.2 Å². The first-order chi connectivity index (χ1) is 10.2. The SMILES string of the molecule is CCc1ccccc1C(=O)NCc1ccc(C#N)cc1F. The van der Waals surface area contributed by atoms with Crippen molar-refractivity contribution in [2.24, 2.45) is 0 Å². The Bertz CT molecular complexity index is 704. The van der Waals surface area contributed by atoms with Gasteiger partial charge >= 0.3 is 0 Å². The second kappa shape index (κ2) is 6.67. The molecule has 0 heterocycles. The van der Waals surface area contributed by atoms with Gasteiger partial charge in [-0.2, -0.15) is 5.26 Å². The van der Waals surface area contributed by atoms with Gasteiger partial charge in [0, 0.05) is 17.7 Å². The summed E-state index contributed by atoms with van der Waals surface area (Å²) in [6, 6.07) is 13.4. The lowest BCUT2D eigenvalue weighted by atomic mass is 10.0. The molecule has 1 N–H and O–H groups in total. The van der Waals surface area contributed by atoms with Crippen molar-refractivity contribution in [1.82, 2.24) is 5.32 Å². The largest absolute Gasteiger partial charge is 0.348 e. The second-order valence-electron chi connectivity index (χ2n) is 4.61. The molecule has 0 aliphatic rings. The summed E-state index contributed by atoms with van der Waals surface area (Å²) in [6.07, 6.45) is 0.759. The van der Waals surface area contributed by atoms with Gasteiger partial charge in [0.2, 0.25) is 0 Å². The minimum absolute atomic E-state index is 0.0917. The van der Waals surface area contributed by atoms with Crippen molar-refractivity contribution < 1.29 is 9.18 Å². The molecule has 2 aromatic carbocycles. The van der Waals surface area contributed by atoms with Crippen molar-refractivity contribution in [2.75, 3.05) is 0 Å². The molecule has 0 aliphatic heterocycles. The van der Waals surface area contributed by atoms with Gasteiger partial charge < -0.3 is 5.32 Å². The third kappa shape index (κ3) is 3.46. The van der Waals surface area contributed by atoms with E-state index in [2.05, 4.69) is 5.32 Å². The van der Waals surface area contributed by atoms with E-state index in [-0.39, 0.29) is 18.0 Å². The van der Waals surface area contributed by atoms with Crippen LogP contribution in [0.25, 0.3) is 0 Å². The van der Waals surface area contributed by atoms with Crippen LogP contribution < -0.4 is 5.32 Å². The highest BCUT2D eigenvalue weighted by atomic mass is 19.1. The molecule has 0 aromatic heterocycles. The van der Waals surface area contributed by atoms with Gasteiger partial charge in [-0.15, -0.1) is 0 Å². The molecule has 21 heavy (non-hydrogen) atoms. The lowest BCUT2D eigenvalue weighted by molar-refractivity contribution is 0.0949. The Labute approximate surface area is 123 Å². The van der Waals surface area contributed by atoms with Crippen LogP contribution in [0.4, 0.5) is 4.39 Å². The van der Waals surface area contributed by atoms with E-state index < -0.39 is 5.82 Å². The lowest BCUT2D eigenvalue weighted by Crippen LogP contribution is -2.24. The van der Waals surface area contributed by atoms with Gasteiger partial charge in [-0.25, -0.2) is 4.39 Å². The number of hydrogen-bond acceptors (Lipinski definition) is 2. The molecule has 2 rings (SSSR count). The zero-order chi connectivity index (χ0) is 15.2. The summed E-state index contributed by atoms with van der Waals surface area (Å²) in [5.74, 6) is -0.714. The van der Waals surface area contributed by atoms with Crippen LogP contribution in [-0.4, -0.2) is 5.91 Å². The summed E-state index contributed by atoms with van der Waals surface area (Å²) in [4.78, 5) is 12.1. The van der Waals surface area contributed by atoms with E-state index in [4.69, 9.17) is 5.26 Å². The zero-order valence-electron chi connectivity index (χ0n) is 11.7. The lowest BCUT2D eigenvalue weighted by Gasteiger charge is -2.09. The number of rotatable bonds is 4. The predicted molar refractivity (Wildman–Crippen MR) is 78.1 cm³/mol. The molecular formula is C17H15FN2O. The molecule has 2 aromatic rings. The van der Waals surface area contributed by atoms with Gasteiger partial charge in [0.15, 0.2) is 0 Å². The quantitative estimate of drug-likeness (QED) is 0.936. The van der Waals surface area contributed by atoms with Crippen molar-refractivity contribution in [3.63, 3.8) is 0 Å². The van der Waals surface area contributed by atoms with Gasteiger partial charge in [-0.3, -0.25) is 4.79 Å². The minimum atomic E-state index is -0.488. The Morgan fingerprint density at radius 2 is 2.00 bits per heavy atom. The van der Waals surface area contributed by atoms with Crippen LogP contribution in [0.3, 0.4) is 0 Å². The summed E-state index contributed by atoms with van der Waals surface area (Å²) in [5.41, 5.74) is 2.18. The highest BCUT2D eigenvalue weighted by Gasteiger charge is 2.10. The van der Waals surface area contributed by atoms with Crippen LogP contribution in [0.5, 0.6) is 0 Å². The number of amides is 1. The van der Waals surface area contributed by atoms with E-state index in [1.54, 1.807) is 12.1 Å². The Morgan fingerprint density at radius 3 is 2.67 bits per heavy atom. The average molecular weight is 282 g/mol. The molecule has 0 saturated carbocycles. The third-order valence-electron chi connectivity index (χ3n) is 3.26. The maximum absolute atomic E-state index is 13.7. The highest BCUT2D eigenvalue weighted by molar-refractivity contribution is 5.95. The fourth-order valence-corrected chi connectivity index (χ4v) is 2.08. The third-order valence-corrected chi connectivity index (χ3v) is 3.26. The Hall–Kier alpha value is -2.67. The number of carbonyl (C=O) groups excluding carboxylic acids is 1. The Balaban J connectivity index is 2.10. The summed E-state index contributed by atoms with van der Waals surface area (Å²) in [5, 5.41) is 11.4. The van der Waals surface area contributed by atoms with Crippen LogP contribution in [0.2, 0.25) is 0 Å². The van der Waals surface area contributed by atoms with Gasteiger partial charge in [-0.05, 0) is 30.2 Å². The van der Waals surface area contributed by atoms with Gasteiger partial charge in [0.1, 0.15) is 5.82 Å². The molecule has 0 radical (unpaired) electrons. The topological polar surface area (TPSA) is 52.9 Å². The maximum atomic E-state index is 13.7. The maximum Gasteiger partial charge on any atom is 0.251 e. The standard InChI is InChI=1S/C17H15FN2O/c1-2-13-5-3-4-6-15(13)17(21)20-11-14-8-7-12(10-19)9-16(14)18/h3-9H,2,11H2,1H3,(H,20,21). The molecule has 0 fully saturated rings. The smallest absolute Gasteiger partial charge is 0.251 e. The van der Waals surface area contributed by atoms with Gasteiger partial charge in [0.25, 0.3) is 5.91 Å². The summed E-state index contributed by atoms with van der Waals surface area (Å²) >= 11 is 0. The van der Waals surface area contributed by atoms with Crippen LogP contribution in [0, 0.1) is 17.1 Å². The molecule has 0 bridgehead atoms. The number of nitrogens with one attached hydrogen (secondary N) is 1. The number of carbonyl (C=O) groups is 1. The number of nitrogens with zero attached hydrogens (tertiary/aromatic N) is 1. The fourth-order valence-electron chi connectivity index (χ4n) is 2.08. The summed E-state index contributed by atoms with van der Waals surface area (Å²) < 4.78 is 13.7. The zero-order valence-corrected chi connectivity index (χ0v) is 11.7. The van der Waals surface area contributed by atoms with E-state index in [0.717, 1.165) is 12.0 Å². The molecule has 0 aliphatic carbocycles. The summed E-state index contributed by atoms with van der Waals surface area (Å²) in [6.45, 7) is 2.07. The molecule has 3 nitrogen and oxygen atoms in total. The normalized spacial score (nSPS) is 9.95. The monoisotopic (exact) mass is 282 g/mol. The van der Waals surface area contributed by atoms with Crippen LogP contribution in [0.15, 0.2) is 42.5 Å².